The largest absolute Gasteiger partial charge is 0.352 e. The van der Waals surface area contributed by atoms with Gasteiger partial charge in [0.2, 0.25) is 11.8 Å². The first-order valence-corrected chi connectivity index (χ1v) is 8.90. The van der Waals surface area contributed by atoms with Gasteiger partial charge in [0.05, 0.1) is 23.3 Å². The van der Waals surface area contributed by atoms with Gasteiger partial charge in [-0.15, -0.1) is 0 Å². The Morgan fingerprint density at radius 2 is 1.92 bits per heavy atom. The van der Waals surface area contributed by atoms with Gasteiger partial charge in [0, 0.05) is 6.04 Å². The van der Waals surface area contributed by atoms with Gasteiger partial charge in [-0.25, -0.2) is 0 Å². The normalized spacial score (nSPS) is 16.7. The van der Waals surface area contributed by atoms with Gasteiger partial charge in [-0.1, -0.05) is 43.0 Å². The average Bonchev–Trinajstić information content (AvgIpc) is 2.57. The van der Waals surface area contributed by atoms with Crippen molar-refractivity contribution in [2.24, 2.45) is 0 Å². The SMILES string of the molecule is C[C@@H](C(=O)NC1CCCCC1)N(C)CC(=O)Nc1ccccc1Cl. The number of anilines is 1. The molecule has 0 bridgehead atoms. The second-order valence-corrected chi connectivity index (χ2v) is 6.87. The summed E-state index contributed by atoms with van der Waals surface area (Å²) in [6.45, 7) is 1.95. The number of benzene rings is 1. The maximum atomic E-state index is 12.3. The molecule has 0 heterocycles. The molecule has 0 saturated heterocycles. The number of amides is 2. The Morgan fingerprint density at radius 1 is 1.25 bits per heavy atom. The summed E-state index contributed by atoms with van der Waals surface area (Å²) in [5, 5.41) is 6.37. The van der Waals surface area contributed by atoms with Crippen molar-refractivity contribution in [1.29, 1.82) is 0 Å². The van der Waals surface area contributed by atoms with Crippen LogP contribution >= 0.6 is 11.6 Å². The van der Waals surface area contributed by atoms with Crippen molar-refractivity contribution in [2.45, 2.75) is 51.1 Å². The lowest BCUT2D eigenvalue weighted by Gasteiger charge is -2.28. The van der Waals surface area contributed by atoms with E-state index in [-0.39, 0.29) is 30.4 Å². The van der Waals surface area contributed by atoms with Gasteiger partial charge in [-0.05, 0) is 38.9 Å². The van der Waals surface area contributed by atoms with Gasteiger partial charge >= 0.3 is 0 Å². The molecule has 2 amide bonds. The average molecular weight is 352 g/mol. The molecule has 1 aliphatic carbocycles. The highest BCUT2D eigenvalue weighted by atomic mass is 35.5. The zero-order chi connectivity index (χ0) is 17.5. The molecule has 6 heteroatoms. The summed E-state index contributed by atoms with van der Waals surface area (Å²) in [5.41, 5.74) is 0.580. The van der Waals surface area contributed by atoms with Crippen LogP contribution in [0.15, 0.2) is 24.3 Å². The van der Waals surface area contributed by atoms with Gasteiger partial charge in [0.1, 0.15) is 0 Å². The fourth-order valence-electron chi connectivity index (χ4n) is 2.88. The molecule has 1 fully saturated rings. The highest BCUT2D eigenvalue weighted by Gasteiger charge is 2.23. The summed E-state index contributed by atoms with van der Waals surface area (Å²) in [6, 6.07) is 7.01. The zero-order valence-electron chi connectivity index (χ0n) is 14.3. The third-order valence-electron chi connectivity index (χ3n) is 4.53. The number of likely N-dealkylation sites (N-methyl/N-ethyl adjacent to an activating group) is 1. The second kappa shape index (κ2) is 9.04. The minimum Gasteiger partial charge on any atom is -0.352 e. The van der Waals surface area contributed by atoms with Crippen LogP contribution < -0.4 is 10.6 Å². The first kappa shape index (κ1) is 18.7. The quantitative estimate of drug-likeness (QED) is 0.828. The topological polar surface area (TPSA) is 61.4 Å². The van der Waals surface area contributed by atoms with Crippen molar-refractivity contribution in [3.05, 3.63) is 29.3 Å². The first-order valence-electron chi connectivity index (χ1n) is 8.52. The monoisotopic (exact) mass is 351 g/mol. The third-order valence-corrected chi connectivity index (χ3v) is 4.86. The Balaban J connectivity index is 1.81. The van der Waals surface area contributed by atoms with Crippen LogP contribution in [0.2, 0.25) is 5.02 Å². The summed E-state index contributed by atoms with van der Waals surface area (Å²) in [5.74, 6) is -0.210. The zero-order valence-corrected chi connectivity index (χ0v) is 15.1. The summed E-state index contributed by atoms with van der Waals surface area (Å²) in [7, 11) is 1.78. The highest BCUT2D eigenvalue weighted by Crippen LogP contribution is 2.20. The number of hydrogen-bond donors (Lipinski definition) is 2. The van der Waals surface area contributed by atoms with Gasteiger partial charge in [-0.2, -0.15) is 0 Å². The molecular weight excluding hydrogens is 326 g/mol. The molecule has 24 heavy (non-hydrogen) atoms. The van der Waals surface area contributed by atoms with Crippen LogP contribution in [-0.2, 0) is 9.59 Å². The smallest absolute Gasteiger partial charge is 0.238 e. The standard InChI is InChI=1S/C18H26ClN3O2/c1-13(18(24)20-14-8-4-3-5-9-14)22(2)12-17(23)21-16-11-7-6-10-15(16)19/h6-7,10-11,13-14H,3-5,8-9,12H2,1-2H3,(H,20,24)(H,21,23)/t13-/m0/s1. The van der Waals surface area contributed by atoms with Crippen molar-refractivity contribution in [3.63, 3.8) is 0 Å². The summed E-state index contributed by atoms with van der Waals surface area (Å²) in [4.78, 5) is 26.2. The third kappa shape index (κ3) is 5.49. The van der Waals surface area contributed by atoms with E-state index in [4.69, 9.17) is 11.6 Å². The summed E-state index contributed by atoms with van der Waals surface area (Å²) >= 11 is 6.03. The number of nitrogens with zero attached hydrogens (tertiary/aromatic N) is 1. The molecule has 1 saturated carbocycles. The van der Waals surface area contributed by atoms with Crippen molar-refractivity contribution in [3.8, 4) is 0 Å². The van der Waals surface area contributed by atoms with Crippen molar-refractivity contribution in [2.75, 3.05) is 18.9 Å². The van der Waals surface area contributed by atoms with Crippen molar-refractivity contribution in [1.82, 2.24) is 10.2 Å². The molecule has 1 aromatic carbocycles. The van der Waals surface area contributed by atoms with E-state index in [0.29, 0.717) is 10.7 Å². The number of carbonyl (C=O) groups is 2. The van der Waals surface area contributed by atoms with Crippen molar-refractivity contribution >= 4 is 29.1 Å². The summed E-state index contributed by atoms with van der Waals surface area (Å²) in [6.07, 6.45) is 5.71. The molecule has 0 aromatic heterocycles. The number of nitrogens with one attached hydrogen (secondary N) is 2. The molecule has 132 valence electrons. The lowest BCUT2D eigenvalue weighted by Crippen LogP contribution is -2.49. The van der Waals surface area contributed by atoms with E-state index in [0.717, 1.165) is 12.8 Å². The van der Waals surface area contributed by atoms with Gasteiger partial charge < -0.3 is 10.6 Å². The van der Waals surface area contributed by atoms with Crippen molar-refractivity contribution < 1.29 is 9.59 Å². The van der Waals surface area contributed by atoms with Crippen LogP contribution in [0.1, 0.15) is 39.0 Å². The van der Waals surface area contributed by atoms with E-state index in [1.165, 1.54) is 19.3 Å². The molecule has 0 radical (unpaired) electrons. The number of carbonyl (C=O) groups excluding carboxylic acids is 2. The summed E-state index contributed by atoms with van der Waals surface area (Å²) < 4.78 is 0. The van der Waals surface area contributed by atoms with Crippen LogP contribution in [0.5, 0.6) is 0 Å². The van der Waals surface area contributed by atoms with Gasteiger partial charge in [-0.3, -0.25) is 14.5 Å². The number of hydrogen-bond acceptors (Lipinski definition) is 3. The highest BCUT2D eigenvalue weighted by molar-refractivity contribution is 6.33. The van der Waals surface area contributed by atoms with Crippen LogP contribution in [-0.4, -0.2) is 42.4 Å². The van der Waals surface area contributed by atoms with E-state index in [1.807, 2.05) is 19.1 Å². The molecule has 0 spiro atoms. The van der Waals surface area contributed by atoms with E-state index in [2.05, 4.69) is 10.6 Å². The Hall–Kier alpha value is -1.59. The predicted molar refractivity (Wildman–Crippen MR) is 97.2 cm³/mol. The molecule has 1 aliphatic rings. The molecule has 5 nitrogen and oxygen atoms in total. The van der Waals surface area contributed by atoms with Crippen LogP contribution in [0.4, 0.5) is 5.69 Å². The number of para-hydroxylation sites is 1. The fourth-order valence-corrected chi connectivity index (χ4v) is 3.07. The van der Waals surface area contributed by atoms with Crippen LogP contribution in [0.3, 0.4) is 0 Å². The first-order chi connectivity index (χ1) is 11.5. The van der Waals surface area contributed by atoms with E-state index < -0.39 is 0 Å². The molecule has 2 rings (SSSR count). The lowest BCUT2D eigenvalue weighted by molar-refractivity contribution is -0.127. The fraction of sp³-hybridized carbons (Fsp3) is 0.556. The Bertz CT molecular complexity index is 573. The lowest BCUT2D eigenvalue weighted by atomic mass is 9.95. The van der Waals surface area contributed by atoms with Crippen LogP contribution in [0, 0.1) is 0 Å². The van der Waals surface area contributed by atoms with E-state index in [9.17, 15) is 9.59 Å². The molecule has 2 N–H and O–H groups in total. The molecule has 1 atom stereocenters. The maximum absolute atomic E-state index is 12.3. The molecule has 1 aromatic rings. The molecule has 0 aliphatic heterocycles. The Kier molecular flexibility index (Phi) is 7.06. The van der Waals surface area contributed by atoms with Gasteiger partial charge in [0.15, 0.2) is 0 Å². The predicted octanol–water partition coefficient (Wildman–Crippen LogP) is 3.05. The second-order valence-electron chi connectivity index (χ2n) is 6.46. The molecule has 0 unspecified atom stereocenters. The Morgan fingerprint density at radius 3 is 2.58 bits per heavy atom. The number of rotatable bonds is 6. The minimum atomic E-state index is -0.357. The Labute approximate surface area is 148 Å². The maximum Gasteiger partial charge on any atom is 0.238 e. The molecular formula is C18H26ClN3O2. The minimum absolute atomic E-state index is 0.0186. The van der Waals surface area contributed by atoms with E-state index >= 15 is 0 Å². The van der Waals surface area contributed by atoms with Gasteiger partial charge in [0.25, 0.3) is 0 Å². The van der Waals surface area contributed by atoms with E-state index in [1.54, 1.807) is 24.1 Å². The number of halogens is 1. The van der Waals surface area contributed by atoms with Crippen LogP contribution in [0.25, 0.3) is 0 Å².